The number of rotatable bonds is 8. The summed E-state index contributed by atoms with van der Waals surface area (Å²) in [6.45, 7) is -1.54. The third-order valence-corrected chi connectivity index (χ3v) is 5.56. The minimum atomic E-state index is -5.24. The maximum Gasteiger partial charge on any atom is 0.420 e. The van der Waals surface area contributed by atoms with Crippen LogP contribution in [0.1, 0.15) is 24.0 Å². The van der Waals surface area contributed by atoms with Crippen molar-refractivity contribution >= 4 is 23.9 Å². The summed E-state index contributed by atoms with van der Waals surface area (Å²) in [7, 11) is 0. The van der Waals surface area contributed by atoms with E-state index in [0.717, 1.165) is 22.3 Å². The van der Waals surface area contributed by atoms with Crippen molar-refractivity contribution in [3.8, 4) is 11.1 Å². The van der Waals surface area contributed by atoms with Crippen LogP contribution in [0.15, 0.2) is 48.5 Å². The number of halogens is 3. The van der Waals surface area contributed by atoms with Crippen LogP contribution in [-0.2, 0) is 19.1 Å². The second kappa shape index (κ2) is 10.0. The number of alkyl halides is 3. The van der Waals surface area contributed by atoms with Gasteiger partial charge in [-0.3, -0.25) is 19.7 Å². The Labute approximate surface area is 197 Å². The monoisotopic (exact) mass is 493 g/mol. The van der Waals surface area contributed by atoms with Gasteiger partial charge in [0.05, 0.1) is 6.54 Å². The number of fused-ring (bicyclic) bond motifs is 3. The second-order valence-corrected chi connectivity index (χ2v) is 7.93. The lowest BCUT2D eigenvalue weighted by Crippen LogP contribution is -2.65. The number of aliphatic carboxylic acids is 1. The highest BCUT2D eigenvalue weighted by Crippen LogP contribution is 2.44. The smallest absolute Gasteiger partial charge is 0.420 e. The normalized spacial score (nSPS) is 14.2. The number of carbonyl (C=O) groups is 4. The van der Waals surface area contributed by atoms with Gasteiger partial charge in [-0.1, -0.05) is 48.5 Å². The van der Waals surface area contributed by atoms with Crippen LogP contribution in [0.5, 0.6) is 0 Å². The maximum atomic E-state index is 13.7. The fraction of sp³-hybridized carbons (Fsp3) is 0.304. The molecule has 0 spiro atoms. The third-order valence-electron chi connectivity index (χ3n) is 5.56. The van der Waals surface area contributed by atoms with Crippen molar-refractivity contribution in [2.45, 2.75) is 24.6 Å². The van der Waals surface area contributed by atoms with Crippen LogP contribution in [0, 0.1) is 0 Å². The molecule has 186 valence electrons. The molecule has 0 aliphatic heterocycles. The molecule has 9 nitrogen and oxygen atoms in total. The lowest BCUT2D eigenvalue weighted by Gasteiger charge is -2.31. The molecule has 35 heavy (non-hydrogen) atoms. The summed E-state index contributed by atoms with van der Waals surface area (Å²) in [6.07, 6.45) is -6.71. The largest absolute Gasteiger partial charge is 0.480 e. The summed E-state index contributed by atoms with van der Waals surface area (Å²) in [5, 5.41) is 13.7. The molecule has 2 aromatic rings. The van der Waals surface area contributed by atoms with Gasteiger partial charge in [0, 0.05) is 5.92 Å². The van der Waals surface area contributed by atoms with Gasteiger partial charge >= 0.3 is 18.2 Å². The van der Waals surface area contributed by atoms with E-state index in [1.807, 2.05) is 41.7 Å². The minimum absolute atomic E-state index is 0.271. The number of nitrogens with one attached hydrogen (secondary N) is 3. The average molecular weight is 493 g/mol. The van der Waals surface area contributed by atoms with E-state index >= 15 is 0 Å². The molecular formula is C23H22F3N3O6. The highest BCUT2D eigenvalue weighted by Gasteiger charge is 2.58. The molecule has 0 saturated carbocycles. The van der Waals surface area contributed by atoms with Gasteiger partial charge < -0.3 is 20.5 Å². The number of ether oxygens (including phenoxy) is 1. The van der Waals surface area contributed by atoms with E-state index in [9.17, 15) is 32.3 Å². The minimum Gasteiger partial charge on any atom is -0.480 e. The van der Waals surface area contributed by atoms with Gasteiger partial charge in [0.15, 0.2) is 0 Å². The summed E-state index contributed by atoms with van der Waals surface area (Å²) in [5.74, 6) is -4.52. The van der Waals surface area contributed by atoms with Crippen LogP contribution in [-0.4, -0.2) is 60.4 Å². The standard InChI is InChI=1S/C23H22F3N3O6/c1-22(23(24,25)26,20(33)28-10-18(30)27-11-19(31)32)29-21(34)35-12-17-15-8-4-2-6-13(15)14-7-3-5-9-16(14)17/h2-9,17H,10-12H2,1H3,(H,27,30)(H,28,33)(H,29,34)(H,31,32). The van der Waals surface area contributed by atoms with E-state index in [1.165, 1.54) is 0 Å². The van der Waals surface area contributed by atoms with Crippen LogP contribution >= 0.6 is 0 Å². The summed E-state index contributed by atoms with van der Waals surface area (Å²) in [5.41, 5.74) is 0.147. The predicted octanol–water partition coefficient (Wildman–Crippen LogP) is 2.16. The average Bonchev–Trinajstić information content (AvgIpc) is 3.12. The number of hydrogen-bond acceptors (Lipinski definition) is 5. The van der Waals surface area contributed by atoms with E-state index < -0.39 is 54.6 Å². The molecule has 0 bridgehead atoms. The number of benzene rings is 2. The van der Waals surface area contributed by atoms with Gasteiger partial charge in [-0.05, 0) is 29.2 Å². The van der Waals surface area contributed by atoms with E-state index in [0.29, 0.717) is 6.92 Å². The quantitative estimate of drug-likeness (QED) is 0.446. The van der Waals surface area contributed by atoms with Crippen molar-refractivity contribution in [1.82, 2.24) is 16.0 Å². The highest BCUT2D eigenvalue weighted by molar-refractivity contribution is 5.93. The van der Waals surface area contributed by atoms with Gasteiger partial charge in [-0.25, -0.2) is 4.79 Å². The predicted molar refractivity (Wildman–Crippen MR) is 116 cm³/mol. The van der Waals surface area contributed by atoms with Crippen LogP contribution in [0.25, 0.3) is 11.1 Å². The summed E-state index contributed by atoms with van der Waals surface area (Å²) >= 11 is 0. The Hall–Kier alpha value is -4.09. The van der Waals surface area contributed by atoms with Crippen LogP contribution in [0.3, 0.4) is 0 Å². The van der Waals surface area contributed by atoms with Crippen molar-refractivity contribution in [2.75, 3.05) is 19.7 Å². The van der Waals surface area contributed by atoms with Crippen molar-refractivity contribution in [2.24, 2.45) is 0 Å². The van der Waals surface area contributed by atoms with E-state index in [4.69, 9.17) is 9.84 Å². The zero-order chi connectivity index (χ0) is 25.8. The third kappa shape index (κ3) is 5.53. The first-order valence-electron chi connectivity index (χ1n) is 10.4. The van der Waals surface area contributed by atoms with Gasteiger partial charge in [0.1, 0.15) is 13.2 Å². The lowest BCUT2D eigenvalue weighted by atomic mass is 9.98. The molecule has 0 fully saturated rings. The van der Waals surface area contributed by atoms with Crippen molar-refractivity contribution in [1.29, 1.82) is 0 Å². The van der Waals surface area contributed by atoms with Gasteiger partial charge in [0.2, 0.25) is 11.4 Å². The molecule has 0 radical (unpaired) electrons. The van der Waals surface area contributed by atoms with Crippen molar-refractivity contribution in [3.63, 3.8) is 0 Å². The first-order chi connectivity index (χ1) is 16.4. The van der Waals surface area contributed by atoms with Crippen LogP contribution < -0.4 is 16.0 Å². The Morgan fingerprint density at radius 3 is 1.97 bits per heavy atom. The van der Waals surface area contributed by atoms with Crippen molar-refractivity contribution in [3.05, 3.63) is 59.7 Å². The lowest BCUT2D eigenvalue weighted by molar-refractivity contribution is -0.194. The molecule has 0 aromatic heterocycles. The van der Waals surface area contributed by atoms with Crippen molar-refractivity contribution < 1.29 is 42.2 Å². The van der Waals surface area contributed by atoms with E-state index in [2.05, 4.69) is 0 Å². The Bertz CT molecular complexity index is 1110. The topological polar surface area (TPSA) is 134 Å². The fourth-order valence-corrected chi connectivity index (χ4v) is 3.67. The molecule has 0 saturated heterocycles. The van der Waals surface area contributed by atoms with Crippen LogP contribution in [0.4, 0.5) is 18.0 Å². The number of hydrogen-bond donors (Lipinski definition) is 4. The number of carbonyl (C=O) groups excluding carboxylic acids is 3. The first kappa shape index (κ1) is 25.5. The molecule has 1 unspecified atom stereocenters. The molecule has 4 N–H and O–H groups in total. The van der Waals surface area contributed by atoms with Crippen LogP contribution in [0.2, 0.25) is 0 Å². The first-order valence-corrected chi connectivity index (χ1v) is 10.4. The zero-order valence-corrected chi connectivity index (χ0v) is 18.4. The number of carboxylic acid groups (broad SMARTS) is 1. The summed E-state index contributed by atoms with van der Waals surface area (Å²) in [6, 6.07) is 14.8. The molecule has 0 heterocycles. The van der Waals surface area contributed by atoms with Gasteiger partial charge in [-0.15, -0.1) is 0 Å². The van der Waals surface area contributed by atoms with E-state index in [-0.39, 0.29) is 6.61 Å². The second-order valence-electron chi connectivity index (χ2n) is 7.93. The molecule has 3 rings (SSSR count). The molecular weight excluding hydrogens is 471 g/mol. The highest BCUT2D eigenvalue weighted by atomic mass is 19.4. The molecule has 12 heteroatoms. The molecule has 2 aromatic carbocycles. The Kier molecular flexibility index (Phi) is 7.32. The Morgan fingerprint density at radius 2 is 1.46 bits per heavy atom. The summed E-state index contributed by atoms with van der Waals surface area (Å²) in [4.78, 5) is 46.6. The molecule has 1 atom stereocenters. The zero-order valence-electron chi connectivity index (χ0n) is 18.4. The molecule has 3 amide bonds. The maximum absolute atomic E-state index is 13.7. The number of amides is 3. The van der Waals surface area contributed by atoms with E-state index in [1.54, 1.807) is 22.8 Å². The van der Waals surface area contributed by atoms with Gasteiger partial charge in [0.25, 0.3) is 5.91 Å². The Balaban J connectivity index is 1.67. The fourth-order valence-electron chi connectivity index (χ4n) is 3.67. The SMILES string of the molecule is CC(NC(=O)OCC1c2ccccc2-c2ccccc21)(C(=O)NCC(=O)NCC(=O)O)C(F)(F)F. The Morgan fingerprint density at radius 1 is 0.914 bits per heavy atom. The summed E-state index contributed by atoms with van der Waals surface area (Å²) < 4.78 is 46.3. The number of alkyl carbamates (subject to hydrolysis) is 1. The molecule has 1 aliphatic carbocycles. The molecule has 1 aliphatic rings. The number of carboxylic acids is 1. The van der Waals surface area contributed by atoms with Gasteiger partial charge in [-0.2, -0.15) is 13.2 Å².